The fraction of sp³-hybridized carbons (Fsp3) is 0.400. The van der Waals surface area contributed by atoms with Gasteiger partial charge in [-0.3, -0.25) is 4.21 Å². The highest BCUT2D eigenvalue weighted by Gasteiger charge is 2.11. The topological polar surface area (TPSA) is 77.2 Å². The fourth-order valence-corrected chi connectivity index (χ4v) is 3.67. The summed E-state index contributed by atoms with van der Waals surface area (Å²) in [4.78, 5) is 0.612. The van der Waals surface area contributed by atoms with Crippen LogP contribution in [0.2, 0.25) is 0 Å². The van der Waals surface area contributed by atoms with E-state index in [0.29, 0.717) is 10.6 Å². The first-order valence-corrected chi connectivity index (χ1v) is 8.03. The lowest BCUT2D eigenvalue weighted by Gasteiger charge is -2.03. The Morgan fingerprint density at radius 3 is 2.31 bits per heavy atom. The van der Waals surface area contributed by atoms with Crippen LogP contribution in [0.3, 0.4) is 0 Å². The van der Waals surface area contributed by atoms with Crippen LogP contribution in [0, 0.1) is 0 Å². The van der Waals surface area contributed by atoms with Gasteiger partial charge in [0.05, 0.1) is 16.6 Å². The Kier molecular flexibility index (Phi) is 4.49. The second-order valence-electron chi connectivity index (χ2n) is 3.36. The predicted molar refractivity (Wildman–Crippen MR) is 66.5 cm³/mol. The van der Waals surface area contributed by atoms with Crippen molar-refractivity contribution in [1.29, 1.82) is 0 Å². The molecule has 0 saturated carbocycles. The van der Waals surface area contributed by atoms with Crippen LogP contribution in [0.5, 0.6) is 0 Å². The van der Waals surface area contributed by atoms with Gasteiger partial charge in [-0.05, 0) is 24.3 Å². The van der Waals surface area contributed by atoms with Crippen LogP contribution < -0.4 is 5.73 Å². The highest BCUT2D eigenvalue weighted by Crippen LogP contribution is 2.10. The van der Waals surface area contributed by atoms with Gasteiger partial charge in [-0.1, -0.05) is 6.92 Å². The normalized spacial score (nSPS) is 13.6. The van der Waals surface area contributed by atoms with Crippen LogP contribution in [0.4, 0.5) is 5.69 Å². The third-order valence-electron chi connectivity index (χ3n) is 2.16. The van der Waals surface area contributed by atoms with E-state index in [1.165, 1.54) is 0 Å². The summed E-state index contributed by atoms with van der Waals surface area (Å²) in [6, 6.07) is 6.62. The number of nitrogens with two attached hydrogens (primary N) is 1. The van der Waals surface area contributed by atoms with Crippen molar-refractivity contribution in [2.45, 2.75) is 11.8 Å². The van der Waals surface area contributed by atoms with Gasteiger partial charge in [0.25, 0.3) is 0 Å². The Balaban J connectivity index is 2.63. The summed E-state index contributed by atoms with van der Waals surface area (Å²) in [7, 11) is -4.32. The third kappa shape index (κ3) is 3.94. The van der Waals surface area contributed by atoms with E-state index < -0.39 is 20.6 Å². The highest BCUT2D eigenvalue weighted by atomic mass is 32.2. The maximum absolute atomic E-state index is 11.7. The van der Waals surface area contributed by atoms with Crippen LogP contribution in [-0.2, 0) is 20.6 Å². The number of sulfone groups is 1. The lowest BCUT2D eigenvalue weighted by Crippen LogP contribution is -2.15. The zero-order valence-corrected chi connectivity index (χ0v) is 10.7. The Hall–Kier alpha value is -0.880. The van der Waals surface area contributed by atoms with Crippen LogP contribution in [0.25, 0.3) is 0 Å². The van der Waals surface area contributed by atoms with Gasteiger partial charge in [-0.2, -0.15) is 0 Å². The summed E-state index contributed by atoms with van der Waals surface area (Å²) >= 11 is 0. The molecule has 0 aliphatic rings. The van der Waals surface area contributed by atoms with E-state index in [1.54, 1.807) is 31.2 Å². The van der Waals surface area contributed by atoms with Crippen molar-refractivity contribution in [3.63, 3.8) is 0 Å². The summed E-state index contributed by atoms with van der Waals surface area (Å²) in [5, 5.41) is 0. The third-order valence-corrected chi connectivity index (χ3v) is 5.50. The van der Waals surface area contributed by atoms with E-state index in [9.17, 15) is 12.6 Å². The van der Waals surface area contributed by atoms with Crippen molar-refractivity contribution < 1.29 is 12.6 Å². The molecule has 2 N–H and O–H groups in total. The first-order chi connectivity index (χ1) is 7.44. The molecule has 0 saturated heterocycles. The molecule has 1 aromatic carbocycles. The Morgan fingerprint density at radius 2 is 1.81 bits per heavy atom. The molecule has 0 aliphatic carbocycles. The van der Waals surface area contributed by atoms with Gasteiger partial charge in [0.2, 0.25) is 0 Å². The molecule has 0 radical (unpaired) electrons. The number of benzene rings is 1. The molecule has 1 rings (SSSR count). The van der Waals surface area contributed by atoms with E-state index >= 15 is 0 Å². The summed E-state index contributed by atoms with van der Waals surface area (Å²) in [5.41, 5.74) is 6.10. The summed E-state index contributed by atoms with van der Waals surface area (Å²) < 4.78 is 34.2. The van der Waals surface area contributed by atoms with E-state index in [-0.39, 0.29) is 17.3 Å². The first kappa shape index (κ1) is 13.2. The summed E-state index contributed by atoms with van der Waals surface area (Å²) in [6.45, 7) is 1.58. The van der Waals surface area contributed by atoms with E-state index in [1.807, 2.05) is 0 Å². The molecule has 0 bridgehead atoms. The van der Waals surface area contributed by atoms with Gasteiger partial charge in [0, 0.05) is 22.1 Å². The minimum Gasteiger partial charge on any atom is -0.399 e. The molecule has 1 unspecified atom stereocenters. The van der Waals surface area contributed by atoms with Crippen molar-refractivity contribution in [2.75, 3.05) is 23.0 Å². The molecule has 0 fully saturated rings. The smallest absolute Gasteiger partial charge is 0.150 e. The molecule has 0 spiro atoms. The van der Waals surface area contributed by atoms with E-state index in [4.69, 9.17) is 5.73 Å². The van der Waals surface area contributed by atoms with Crippen molar-refractivity contribution in [1.82, 2.24) is 0 Å². The quantitative estimate of drug-likeness (QED) is 0.796. The number of hydrogen-bond acceptors (Lipinski definition) is 4. The largest absolute Gasteiger partial charge is 0.399 e. The van der Waals surface area contributed by atoms with Crippen LogP contribution in [0.15, 0.2) is 29.2 Å². The van der Waals surface area contributed by atoms with Crippen LogP contribution in [0.1, 0.15) is 6.92 Å². The zero-order chi connectivity index (χ0) is 12.2. The van der Waals surface area contributed by atoms with E-state index in [0.717, 1.165) is 0 Å². The van der Waals surface area contributed by atoms with Gasteiger partial charge in [0.15, 0.2) is 9.84 Å². The summed E-state index contributed by atoms with van der Waals surface area (Å²) in [6.07, 6.45) is 0. The molecule has 6 heteroatoms. The monoisotopic (exact) mass is 261 g/mol. The van der Waals surface area contributed by atoms with Gasteiger partial charge in [-0.15, -0.1) is 0 Å². The molecular formula is C10H15NO3S2. The number of nitrogen functional groups attached to an aromatic ring is 1. The standard InChI is InChI=1S/C10H15NO3S2/c1-2-16(13,14)8-7-15(12)10-5-3-9(11)4-6-10/h3-6H,2,7-8,11H2,1H3. The molecule has 0 amide bonds. The Bertz CT molecular complexity index is 465. The molecular weight excluding hydrogens is 246 g/mol. The average Bonchev–Trinajstić information content (AvgIpc) is 2.27. The van der Waals surface area contributed by atoms with Gasteiger partial charge < -0.3 is 5.73 Å². The lowest BCUT2D eigenvalue weighted by molar-refractivity contribution is 0.598. The first-order valence-electron chi connectivity index (χ1n) is 4.89. The summed E-state index contributed by atoms with van der Waals surface area (Å²) in [5.74, 6) is 0.187. The Labute approximate surface area is 98.2 Å². The maximum Gasteiger partial charge on any atom is 0.150 e. The molecule has 4 nitrogen and oxygen atoms in total. The van der Waals surface area contributed by atoms with Gasteiger partial charge >= 0.3 is 0 Å². The SMILES string of the molecule is CCS(=O)(=O)CCS(=O)c1ccc(N)cc1. The molecule has 0 aromatic heterocycles. The van der Waals surface area contributed by atoms with Crippen molar-refractivity contribution in [2.24, 2.45) is 0 Å². The van der Waals surface area contributed by atoms with Crippen molar-refractivity contribution in [3.05, 3.63) is 24.3 Å². The number of anilines is 1. The fourth-order valence-electron chi connectivity index (χ4n) is 1.08. The van der Waals surface area contributed by atoms with Gasteiger partial charge in [0.1, 0.15) is 0 Å². The van der Waals surface area contributed by atoms with Crippen molar-refractivity contribution >= 4 is 26.3 Å². The Morgan fingerprint density at radius 1 is 1.25 bits per heavy atom. The lowest BCUT2D eigenvalue weighted by atomic mass is 10.3. The molecule has 1 atom stereocenters. The second-order valence-corrected chi connectivity index (χ2v) is 7.40. The predicted octanol–water partition coefficient (Wildman–Crippen LogP) is 0.811. The maximum atomic E-state index is 11.7. The molecule has 16 heavy (non-hydrogen) atoms. The molecule has 90 valence electrons. The van der Waals surface area contributed by atoms with Crippen LogP contribution >= 0.6 is 0 Å². The molecule has 0 heterocycles. The number of rotatable bonds is 5. The van der Waals surface area contributed by atoms with E-state index in [2.05, 4.69) is 0 Å². The van der Waals surface area contributed by atoms with Gasteiger partial charge in [-0.25, -0.2) is 8.42 Å². The minimum atomic E-state index is -3.05. The molecule has 0 aliphatic heterocycles. The van der Waals surface area contributed by atoms with Crippen LogP contribution in [-0.4, -0.2) is 29.9 Å². The average molecular weight is 261 g/mol. The number of hydrogen-bond donors (Lipinski definition) is 1. The minimum absolute atomic E-state index is 0.0412. The van der Waals surface area contributed by atoms with Crippen molar-refractivity contribution in [3.8, 4) is 0 Å². The highest BCUT2D eigenvalue weighted by molar-refractivity contribution is 7.93. The zero-order valence-electron chi connectivity index (χ0n) is 9.05. The molecule has 1 aromatic rings. The second kappa shape index (κ2) is 5.45.